The van der Waals surface area contributed by atoms with E-state index >= 15 is 0 Å². The molecule has 1 amide bonds. The number of nitrogens with one attached hydrogen (secondary N) is 1. The van der Waals surface area contributed by atoms with E-state index in [1.165, 1.54) is 25.4 Å². The maximum atomic E-state index is 11.9. The third-order valence-corrected chi connectivity index (χ3v) is 2.60. The van der Waals surface area contributed by atoms with Crippen LogP contribution in [0.2, 0.25) is 0 Å². The number of amides is 1. The first-order chi connectivity index (χ1) is 9.61. The van der Waals surface area contributed by atoms with Gasteiger partial charge in [-0.25, -0.2) is 4.79 Å². The highest BCUT2D eigenvalue weighted by Crippen LogP contribution is 2.22. The van der Waals surface area contributed by atoms with Crippen LogP contribution in [0.5, 0.6) is 5.75 Å². The van der Waals surface area contributed by atoms with Gasteiger partial charge in [0.05, 0.1) is 18.4 Å². The van der Waals surface area contributed by atoms with Gasteiger partial charge in [-0.05, 0) is 30.3 Å². The van der Waals surface area contributed by atoms with Gasteiger partial charge >= 0.3 is 5.97 Å². The molecule has 6 heteroatoms. The zero-order chi connectivity index (χ0) is 14.5. The molecule has 0 unspecified atom stereocenters. The summed E-state index contributed by atoms with van der Waals surface area (Å²) in [5.74, 6) is -1.23. The molecule has 6 nitrogen and oxygen atoms in total. The van der Waals surface area contributed by atoms with Gasteiger partial charge < -0.3 is 15.2 Å². The zero-order valence-corrected chi connectivity index (χ0v) is 10.7. The summed E-state index contributed by atoms with van der Waals surface area (Å²) in [4.78, 5) is 27.0. The van der Waals surface area contributed by atoms with E-state index in [1.54, 1.807) is 24.3 Å². The number of hydrogen-bond donors (Lipinski definition) is 2. The molecule has 0 spiro atoms. The molecule has 1 aromatic carbocycles. The van der Waals surface area contributed by atoms with Gasteiger partial charge in [0.25, 0.3) is 5.91 Å². The quantitative estimate of drug-likeness (QED) is 0.889. The molecule has 2 rings (SSSR count). The second kappa shape index (κ2) is 5.83. The number of rotatable bonds is 4. The molecule has 2 N–H and O–H groups in total. The predicted octanol–water partition coefficient (Wildman–Crippen LogP) is 2.04. The molecule has 0 aliphatic rings. The molecule has 0 aliphatic heterocycles. The zero-order valence-electron chi connectivity index (χ0n) is 10.7. The number of carboxylic acids is 1. The predicted molar refractivity (Wildman–Crippen MR) is 72.1 cm³/mol. The minimum atomic E-state index is -1.15. The highest BCUT2D eigenvalue weighted by molar-refractivity contribution is 6.06. The first-order valence-corrected chi connectivity index (χ1v) is 5.75. The van der Waals surface area contributed by atoms with Crippen LogP contribution in [-0.2, 0) is 0 Å². The van der Waals surface area contributed by atoms with Gasteiger partial charge in [0.2, 0.25) is 0 Å². The standard InChI is InChI=1S/C14H12N2O4/c1-20-9-5-6-11(10(8-9)14(18)19)16-13(17)12-4-2-3-7-15-12/h2-8H,1H3,(H,16,17)(H,18,19). The van der Waals surface area contributed by atoms with Crippen LogP contribution in [-0.4, -0.2) is 29.1 Å². The molecular weight excluding hydrogens is 260 g/mol. The normalized spacial score (nSPS) is 9.85. The van der Waals surface area contributed by atoms with Crippen molar-refractivity contribution in [1.29, 1.82) is 0 Å². The van der Waals surface area contributed by atoms with Crippen molar-refractivity contribution in [3.63, 3.8) is 0 Å². The number of hydrogen-bond acceptors (Lipinski definition) is 4. The molecule has 0 saturated carbocycles. The minimum absolute atomic E-state index is 0.0476. The van der Waals surface area contributed by atoms with E-state index in [0.29, 0.717) is 5.75 Å². The van der Waals surface area contributed by atoms with E-state index in [2.05, 4.69) is 10.3 Å². The number of pyridine rings is 1. The van der Waals surface area contributed by atoms with Gasteiger partial charge in [-0.3, -0.25) is 9.78 Å². The van der Waals surface area contributed by atoms with E-state index in [4.69, 9.17) is 9.84 Å². The number of carboxylic acid groups (broad SMARTS) is 1. The fraction of sp³-hybridized carbons (Fsp3) is 0.0714. The van der Waals surface area contributed by atoms with E-state index in [1.807, 2.05) is 0 Å². The summed E-state index contributed by atoms with van der Waals surface area (Å²) >= 11 is 0. The lowest BCUT2D eigenvalue weighted by molar-refractivity contribution is 0.0697. The van der Waals surface area contributed by atoms with Crippen LogP contribution >= 0.6 is 0 Å². The van der Waals surface area contributed by atoms with Crippen molar-refractivity contribution < 1.29 is 19.4 Å². The van der Waals surface area contributed by atoms with Gasteiger partial charge in [-0.2, -0.15) is 0 Å². The van der Waals surface area contributed by atoms with Crippen LogP contribution in [0.4, 0.5) is 5.69 Å². The lowest BCUT2D eigenvalue weighted by atomic mass is 10.1. The van der Waals surface area contributed by atoms with Gasteiger partial charge in [-0.1, -0.05) is 6.07 Å². The molecule has 102 valence electrons. The highest BCUT2D eigenvalue weighted by Gasteiger charge is 2.15. The average Bonchev–Trinajstić information content (AvgIpc) is 2.48. The van der Waals surface area contributed by atoms with Gasteiger partial charge in [0, 0.05) is 6.20 Å². The van der Waals surface area contributed by atoms with Crippen LogP contribution in [0.25, 0.3) is 0 Å². The Morgan fingerprint density at radius 1 is 1.25 bits per heavy atom. The Bertz CT molecular complexity index is 641. The number of aromatic carboxylic acids is 1. The number of carbonyl (C=O) groups is 2. The van der Waals surface area contributed by atoms with Crippen LogP contribution in [0, 0.1) is 0 Å². The SMILES string of the molecule is COc1ccc(NC(=O)c2ccccn2)c(C(=O)O)c1. The van der Waals surface area contributed by atoms with Gasteiger partial charge in [0.15, 0.2) is 0 Å². The molecular formula is C14H12N2O4. The van der Waals surface area contributed by atoms with Crippen LogP contribution in [0.1, 0.15) is 20.8 Å². The lowest BCUT2D eigenvalue weighted by Crippen LogP contribution is -2.16. The topological polar surface area (TPSA) is 88.5 Å². The number of aromatic nitrogens is 1. The molecule has 0 aliphatic carbocycles. The molecule has 2 aromatic rings. The summed E-state index contributed by atoms with van der Waals surface area (Å²) in [5.41, 5.74) is 0.349. The summed E-state index contributed by atoms with van der Waals surface area (Å²) in [6.07, 6.45) is 1.49. The summed E-state index contributed by atoms with van der Waals surface area (Å²) < 4.78 is 4.96. The maximum Gasteiger partial charge on any atom is 0.337 e. The minimum Gasteiger partial charge on any atom is -0.497 e. The molecule has 20 heavy (non-hydrogen) atoms. The molecule has 0 atom stereocenters. The number of methoxy groups -OCH3 is 1. The number of nitrogens with zero attached hydrogens (tertiary/aromatic N) is 1. The lowest BCUT2D eigenvalue weighted by Gasteiger charge is -2.09. The van der Waals surface area contributed by atoms with Crippen molar-refractivity contribution in [3.05, 3.63) is 53.9 Å². The van der Waals surface area contributed by atoms with Crippen molar-refractivity contribution >= 4 is 17.6 Å². The fourth-order valence-corrected chi connectivity index (χ4v) is 1.62. The highest BCUT2D eigenvalue weighted by atomic mass is 16.5. The molecule has 0 bridgehead atoms. The van der Waals surface area contributed by atoms with Crippen molar-refractivity contribution in [2.24, 2.45) is 0 Å². The molecule has 0 saturated heterocycles. The Kier molecular flexibility index (Phi) is 3.95. The van der Waals surface area contributed by atoms with Gasteiger partial charge in [0.1, 0.15) is 11.4 Å². The second-order valence-corrected chi connectivity index (χ2v) is 3.89. The van der Waals surface area contributed by atoms with E-state index in [-0.39, 0.29) is 16.9 Å². The Morgan fingerprint density at radius 2 is 2.05 bits per heavy atom. The molecule has 0 radical (unpaired) electrons. The van der Waals surface area contributed by atoms with Crippen LogP contribution in [0.3, 0.4) is 0 Å². The number of ether oxygens (including phenoxy) is 1. The number of benzene rings is 1. The molecule has 1 heterocycles. The Balaban J connectivity index is 2.29. The van der Waals surface area contributed by atoms with Crippen molar-refractivity contribution in [2.75, 3.05) is 12.4 Å². The summed E-state index contributed by atoms with van der Waals surface area (Å²) in [6.45, 7) is 0. The van der Waals surface area contributed by atoms with Gasteiger partial charge in [-0.15, -0.1) is 0 Å². The maximum absolute atomic E-state index is 11.9. The Hall–Kier alpha value is -2.89. The summed E-state index contributed by atoms with van der Waals surface area (Å²) in [6, 6.07) is 9.29. The summed E-state index contributed by atoms with van der Waals surface area (Å²) in [5, 5.41) is 11.7. The third-order valence-electron chi connectivity index (χ3n) is 2.60. The monoisotopic (exact) mass is 272 g/mol. The van der Waals surface area contributed by atoms with E-state index < -0.39 is 11.9 Å². The Morgan fingerprint density at radius 3 is 2.65 bits per heavy atom. The van der Waals surface area contributed by atoms with E-state index in [0.717, 1.165) is 0 Å². The first kappa shape index (κ1) is 13.5. The largest absolute Gasteiger partial charge is 0.497 e. The van der Waals surface area contributed by atoms with Crippen LogP contribution < -0.4 is 10.1 Å². The number of anilines is 1. The third kappa shape index (κ3) is 2.92. The van der Waals surface area contributed by atoms with Crippen molar-refractivity contribution in [2.45, 2.75) is 0 Å². The molecule has 0 fully saturated rings. The summed E-state index contributed by atoms with van der Waals surface area (Å²) in [7, 11) is 1.44. The molecule has 1 aromatic heterocycles. The fourth-order valence-electron chi connectivity index (χ4n) is 1.62. The van der Waals surface area contributed by atoms with Crippen LogP contribution in [0.15, 0.2) is 42.6 Å². The smallest absolute Gasteiger partial charge is 0.337 e. The average molecular weight is 272 g/mol. The van der Waals surface area contributed by atoms with Crippen molar-refractivity contribution in [1.82, 2.24) is 4.98 Å². The van der Waals surface area contributed by atoms with Crippen molar-refractivity contribution in [3.8, 4) is 5.75 Å². The Labute approximate surface area is 115 Å². The number of carbonyl (C=O) groups excluding carboxylic acids is 1. The first-order valence-electron chi connectivity index (χ1n) is 5.75. The van der Waals surface area contributed by atoms with E-state index in [9.17, 15) is 9.59 Å². The second-order valence-electron chi connectivity index (χ2n) is 3.89.